The number of methoxy groups -OCH3 is 1. The molecule has 5 nitrogen and oxygen atoms in total. The van der Waals surface area contributed by atoms with Crippen molar-refractivity contribution in [3.63, 3.8) is 0 Å². The molecule has 1 saturated carbocycles. The molecule has 0 radical (unpaired) electrons. The van der Waals surface area contributed by atoms with Crippen molar-refractivity contribution >= 4 is 28.5 Å². The molecule has 0 atom stereocenters. The largest absolute Gasteiger partial charge is 0.496 e. The van der Waals surface area contributed by atoms with Crippen molar-refractivity contribution in [3.8, 4) is 16.9 Å². The van der Waals surface area contributed by atoms with Gasteiger partial charge in [-0.3, -0.25) is 0 Å². The Kier molecular flexibility index (Phi) is 4.49. The Balaban J connectivity index is 1.73. The molecule has 1 fully saturated rings. The summed E-state index contributed by atoms with van der Waals surface area (Å²) in [5.74, 6) is 1.61. The highest BCUT2D eigenvalue weighted by molar-refractivity contribution is 6.29. The van der Waals surface area contributed by atoms with Crippen LogP contribution < -0.4 is 10.1 Å². The van der Waals surface area contributed by atoms with E-state index in [0.29, 0.717) is 11.2 Å². The number of fused-ring (bicyclic) bond motifs is 1. The summed E-state index contributed by atoms with van der Waals surface area (Å²) in [6.45, 7) is 0. The van der Waals surface area contributed by atoms with E-state index in [4.69, 9.17) is 16.3 Å². The molecule has 25 heavy (non-hydrogen) atoms. The van der Waals surface area contributed by atoms with Gasteiger partial charge < -0.3 is 15.0 Å². The van der Waals surface area contributed by atoms with Gasteiger partial charge in [0.2, 0.25) is 0 Å². The second-order valence-electron chi connectivity index (χ2n) is 6.48. The van der Waals surface area contributed by atoms with Crippen LogP contribution in [-0.4, -0.2) is 28.1 Å². The highest BCUT2D eigenvalue weighted by Gasteiger charge is 2.16. The van der Waals surface area contributed by atoms with E-state index in [-0.39, 0.29) is 0 Å². The zero-order valence-electron chi connectivity index (χ0n) is 14.2. The van der Waals surface area contributed by atoms with E-state index in [0.717, 1.165) is 33.7 Å². The zero-order valence-corrected chi connectivity index (χ0v) is 14.9. The van der Waals surface area contributed by atoms with E-state index in [1.165, 1.54) is 32.1 Å². The highest BCUT2D eigenvalue weighted by Crippen LogP contribution is 2.36. The molecule has 0 aromatic carbocycles. The van der Waals surface area contributed by atoms with Crippen LogP contribution in [0.4, 0.5) is 5.82 Å². The number of hydrogen-bond acceptors (Lipinski definition) is 4. The minimum absolute atomic E-state index is 0.478. The molecule has 4 rings (SSSR count). The number of rotatable bonds is 4. The highest BCUT2D eigenvalue weighted by atomic mass is 35.5. The predicted molar refractivity (Wildman–Crippen MR) is 101 cm³/mol. The lowest BCUT2D eigenvalue weighted by molar-refractivity contribution is 0.419. The first-order chi connectivity index (χ1) is 12.2. The van der Waals surface area contributed by atoms with Crippen LogP contribution in [0.15, 0.2) is 30.6 Å². The van der Waals surface area contributed by atoms with E-state index in [1.807, 2.05) is 18.3 Å². The Hall–Kier alpha value is -2.27. The van der Waals surface area contributed by atoms with E-state index >= 15 is 0 Å². The van der Waals surface area contributed by atoms with Crippen molar-refractivity contribution in [1.82, 2.24) is 15.0 Å². The standard InChI is InChI=1S/C19H21ClN4O/c1-25-15-7-8-21-19-18(15)14(11-22-19)12-9-16(20)24-17(10-12)23-13-5-3-2-4-6-13/h7-11,13H,2-6H2,1H3,(H,21,22)(H,23,24). The Labute approximate surface area is 151 Å². The SMILES string of the molecule is COc1ccnc2[nH]cc(-c3cc(Cl)nc(NC4CCCCC4)c3)c12. The van der Waals surface area contributed by atoms with Gasteiger partial charge in [-0.15, -0.1) is 0 Å². The molecule has 3 heterocycles. The molecule has 3 aromatic rings. The third-order valence-corrected chi connectivity index (χ3v) is 5.01. The summed E-state index contributed by atoms with van der Waals surface area (Å²) >= 11 is 6.30. The minimum Gasteiger partial charge on any atom is -0.496 e. The fraction of sp³-hybridized carbons (Fsp3) is 0.368. The van der Waals surface area contributed by atoms with E-state index in [9.17, 15) is 0 Å². The first kappa shape index (κ1) is 16.2. The van der Waals surface area contributed by atoms with Crippen molar-refractivity contribution in [2.75, 3.05) is 12.4 Å². The summed E-state index contributed by atoms with van der Waals surface area (Å²) in [6.07, 6.45) is 9.93. The molecule has 0 spiro atoms. The van der Waals surface area contributed by atoms with Gasteiger partial charge >= 0.3 is 0 Å². The first-order valence-electron chi connectivity index (χ1n) is 8.69. The number of aromatic nitrogens is 3. The van der Waals surface area contributed by atoms with E-state index in [2.05, 4.69) is 26.3 Å². The number of hydrogen-bond donors (Lipinski definition) is 2. The minimum atomic E-state index is 0.478. The average Bonchev–Trinajstić information content (AvgIpc) is 3.06. The Morgan fingerprint density at radius 3 is 2.88 bits per heavy atom. The molecule has 1 aliphatic carbocycles. The molecule has 0 aliphatic heterocycles. The van der Waals surface area contributed by atoms with Crippen molar-refractivity contribution in [2.45, 2.75) is 38.1 Å². The maximum atomic E-state index is 6.30. The van der Waals surface area contributed by atoms with Gasteiger partial charge in [0, 0.05) is 24.0 Å². The van der Waals surface area contributed by atoms with Crippen molar-refractivity contribution in [3.05, 3.63) is 35.7 Å². The molecule has 2 N–H and O–H groups in total. The Morgan fingerprint density at radius 2 is 2.08 bits per heavy atom. The van der Waals surface area contributed by atoms with E-state index < -0.39 is 0 Å². The fourth-order valence-corrected chi connectivity index (χ4v) is 3.82. The van der Waals surface area contributed by atoms with Crippen LogP contribution in [0.3, 0.4) is 0 Å². The molecule has 0 saturated heterocycles. The first-order valence-corrected chi connectivity index (χ1v) is 9.07. The van der Waals surface area contributed by atoms with Gasteiger partial charge in [0.25, 0.3) is 0 Å². The third-order valence-electron chi connectivity index (χ3n) is 4.82. The maximum Gasteiger partial charge on any atom is 0.141 e. The molecule has 0 amide bonds. The Morgan fingerprint density at radius 1 is 1.24 bits per heavy atom. The van der Waals surface area contributed by atoms with Gasteiger partial charge in [-0.1, -0.05) is 30.9 Å². The van der Waals surface area contributed by atoms with Crippen LogP contribution in [0, 0.1) is 0 Å². The number of H-pyrrole nitrogens is 1. The predicted octanol–water partition coefficient (Wildman–Crippen LogP) is 5.03. The molecule has 0 bridgehead atoms. The van der Waals surface area contributed by atoms with Gasteiger partial charge in [0.05, 0.1) is 12.5 Å². The lowest BCUT2D eigenvalue weighted by Gasteiger charge is -2.23. The summed E-state index contributed by atoms with van der Waals surface area (Å²) in [4.78, 5) is 12.0. The number of ether oxygens (including phenoxy) is 1. The molecule has 6 heteroatoms. The molecule has 3 aromatic heterocycles. The zero-order chi connectivity index (χ0) is 17.2. The lowest BCUT2D eigenvalue weighted by atomic mass is 9.95. The van der Waals surface area contributed by atoms with Crippen LogP contribution in [0.2, 0.25) is 5.15 Å². The topological polar surface area (TPSA) is 62.8 Å². The van der Waals surface area contributed by atoms with Gasteiger partial charge in [-0.25, -0.2) is 9.97 Å². The van der Waals surface area contributed by atoms with Gasteiger partial charge in [0.1, 0.15) is 22.4 Å². The summed E-state index contributed by atoms with van der Waals surface area (Å²) in [5.41, 5.74) is 2.80. The molecule has 130 valence electrons. The lowest BCUT2D eigenvalue weighted by Crippen LogP contribution is -2.22. The van der Waals surface area contributed by atoms with Crippen LogP contribution >= 0.6 is 11.6 Å². The molecular weight excluding hydrogens is 336 g/mol. The maximum absolute atomic E-state index is 6.30. The van der Waals surface area contributed by atoms with Gasteiger partial charge in [-0.2, -0.15) is 0 Å². The molecule has 1 aliphatic rings. The monoisotopic (exact) mass is 356 g/mol. The Bertz CT molecular complexity index is 886. The average molecular weight is 357 g/mol. The second kappa shape index (κ2) is 6.92. The van der Waals surface area contributed by atoms with E-state index in [1.54, 1.807) is 13.3 Å². The number of halogens is 1. The van der Waals surface area contributed by atoms with Crippen molar-refractivity contribution in [1.29, 1.82) is 0 Å². The van der Waals surface area contributed by atoms with Crippen LogP contribution in [0.1, 0.15) is 32.1 Å². The summed E-state index contributed by atoms with van der Waals surface area (Å²) < 4.78 is 5.51. The quantitative estimate of drug-likeness (QED) is 0.643. The van der Waals surface area contributed by atoms with Crippen LogP contribution in [0.5, 0.6) is 5.75 Å². The molecular formula is C19H21ClN4O. The smallest absolute Gasteiger partial charge is 0.141 e. The summed E-state index contributed by atoms with van der Waals surface area (Å²) in [5, 5.41) is 4.98. The van der Waals surface area contributed by atoms with Crippen molar-refractivity contribution in [2.24, 2.45) is 0 Å². The second-order valence-corrected chi connectivity index (χ2v) is 6.87. The van der Waals surface area contributed by atoms with Gasteiger partial charge in [-0.05, 0) is 36.6 Å². The number of nitrogens with zero attached hydrogens (tertiary/aromatic N) is 2. The van der Waals surface area contributed by atoms with Gasteiger partial charge in [0.15, 0.2) is 0 Å². The summed E-state index contributed by atoms with van der Waals surface area (Å²) in [7, 11) is 1.67. The third kappa shape index (κ3) is 3.29. The number of anilines is 1. The number of pyridine rings is 2. The summed E-state index contributed by atoms with van der Waals surface area (Å²) in [6, 6.07) is 6.27. The van der Waals surface area contributed by atoms with Crippen LogP contribution in [-0.2, 0) is 0 Å². The fourth-order valence-electron chi connectivity index (χ4n) is 3.61. The molecule has 0 unspecified atom stereocenters. The van der Waals surface area contributed by atoms with Crippen molar-refractivity contribution < 1.29 is 4.74 Å². The normalized spacial score (nSPS) is 15.4. The van der Waals surface area contributed by atoms with Crippen LogP contribution in [0.25, 0.3) is 22.2 Å². The number of nitrogens with one attached hydrogen (secondary N) is 2. The number of aromatic amines is 1.